The maximum absolute atomic E-state index is 12.1. The number of carbonyl (C=O) groups is 2. The number of hydrogen-bond acceptors (Lipinski definition) is 2. The standard InChI is InChI=1S/C15H12Cl2N2O2/c1-9(20)18-11-7-5-10(6-8-11)15(21)19-13-4-2-3-12(16)14(13)17/h2-8H,1H3,(H,18,20)(H,19,21). The summed E-state index contributed by atoms with van der Waals surface area (Å²) in [6.45, 7) is 1.42. The number of anilines is 2. The Labute approximate surface area is 132 Å². The van der Waals surface area contributed by atoms with Gasteiger partial charge in [0.05, 0.1) is 15.7 Å². The molecule has 2 aromatic rings. The highest BCUT2D eigenvalue weighted by Crippen LogP contribution is 2.29. The Balaban J connectivity index is 2.13. The number of rotatable bonds is 3. The Bertz CT molecular complexity index is 685. The minimum atomic E-state index is -0.312. The molecule has 0 spiro atoms. The quantitative estimate of drug-likeness (QED) is 0.889. The van der Waals surface area contributed by atoms with Crippen LogP contribution in [0, 0.1) is 0 Å². The molecule has 0 unspecified atom stereocenters. The second-order valence-corrected chi connectivity index (χ2v) is 5.10. The summed E-state index contributed by atoms with van der Waals surface area (Å²) in [5.74, 6) is -0.480. The van der Waals surface area contributed by atoms with Crippen LogP contribution in [0.15, 0.2) is 42.5 Å². The molecule has 108 valence electrons. The van der Waals surface area contributed by atoms with Crippen molar-refractivity contribution in [3.63, 3.8) is 0 Å². The van der Waals surface area contributed by atoms with Gasteiger partial charge in [0.1, 0.15) is 0 Å². The molecule has 21 heavy (non-hydrogen) atoms. The minimum Gasteiger partial charge on any atom is -0.326 e. The fraction of sp³-hybridized carbons (Fsp3) is 0.0667. The van der Waals surface area contributed by atoms with Gasteiger partial charge in [-0.05, 0) is 36.4 Å². The first kappa shape index (κ1) is 15.4. The SMILES string of the molecule is CC(=O)Nc1ccc(C(=O)Nc2cccc(Cl)c2Cl)cc1. The molecule has 0 aliphatic heterocycles. The van der Waals surface area contributed by atoms with Crippen molar-refractivity contribution in [1.29, 1.82) is 0 Å². The Kier molecular flexibility index (Phi) is 4.83. The van der Waals surface area contributed by atoms with Crippen LogP contribution in [-0.4, -0.2) is 11.8 Å². The summed E-state index contributed by atoms with van der Waals surface area (Å²) in [5, 5.41) is 5.98. The van der Waals surface area contributed by atoms with E-state index < -0.39 is 0 Å². The van der Waals surface area contributed by atoms with Crippen LogP contribution in [0.3, 0.4) is 0 Å². The normalized spacial score (nSPS) is 10.0. The van der Waals surface area contributed by atoms with Crippen LogP contribution in [0.2, 0.25) is 10.0 Å². The molecule has 0 heterocycles. The molecule has 0 saturated carbocycles. The van der Waals surface area contributed by atoms with Crippen molar-refractivity contribution >= 4 is 46.4 Å². The summed E-state index contributed by atoms with van der Waals surface area (Å²) in [6, 6.07) is 11.5. The van der Waals surface area contributed by atoms with E-state index in [4.69, 9.17) is 23.2 Å². The fourth-order valence-electron chi connectivity index (χ4n) is 1.70. The van der Waals surface area contributed by atoms with E-state index in [0.29, 0.717) is 27.0 Å². The zero-order chi connectivity index (χ0) is 15.4. The summed E-state index contributed by atoms with van der Waals surface area (Å²) in [4.78, 5) is 23.0. The van der Waals surface area contributed by atoms with Gasteiger partial charge in [-0.1, -0.05) is 29.3 Å². The lowest BCUT2D eigenvalue weighted by molar-refractivity contribution is -0.114. The number of benzene rings is 2. The van der Waals surface area contributed by atoms with E-state index in [-0.39, 0.29) is 11.8 Å². The second kappa shape index (κ2) is 6.61. The van der Waals surface area contributed by atoms with Crippen molar-refractivity contribution in [2.75, 3.05) is 10.6 Å². The highest BCUT2D eigenvalue weighted by atomic mass is 35.5. The molecular weight excluding hydrogens is 311 g/mol. The molecule has 0 atom stereocenters. The Hall–Kier alpha value is -2.04. The van der Waals surface area contributed by atoms with Gasteiger partial charge in [-0.2, -0.15) is 0 Å². The van der Waals surface area contributed by atoms with Crippen LogP contribution < -0.4 is 10.6 Å². The van der Waals surface area contributed by atoms with Crippen molar-refractivity contribution in [3.8, 4) is 0 Å². The lowest BCUT2D eigenvalue weighted by Gasteiger charge is -2.09. The van der Waals surface area contributed by atoms with Crippen LogP contribution in [0.5, 0.6) is 0 Å². The topological polar surface area (TPSA) is 58.2 Å². The van der Waals surface area contributed by atoms with E-state index in [1.54, 1.807) is 42.5 Å². The van der Waals surface area contributed by atoms with E-state index in [1.807, 2.05) is 0 Å². The second-order valence-electron chi connectivity index (χ2n) is 4.31. The monoisotopic (exact) mass is 322 g/mol. The molecule has 0 aliphatic rings. The number of amides is 2. The van der Waals surface area contributed by atoms with Crippen LogP contribution >= 0.6 is 23.2 Å². The summed E-state index contributed by atoms with van der Waals surface area (Å²) >= 11 is 11.9. The van der Waals surface area contributed by atoms with Gasteiger partial charge in [0.15, 0.2) is 0 Å². The molecule has 2 rings (SSSR count). The summed E-state index contributed by atoms with van der Waals surface area (Å²) in [7, 11) is 0. The largest absolute Gasteiger partial charge is 0.326 e. The molecule has 0 aliphatic carbocycles. The third kappa shape index (κ3) is 3.97. The fourth-order valence-corrected chi connectivity index (χ4v) is 2.05. The van der Waals surface area contributed by atoms with E-state index in [0.717, 1.165) is 0 Å². The molecule has 2 amide bonds. The van der Waals surface area contributed by atoms with E-state index in [9.17, 15) is 9.59 Å². The van der Waals surface area contributed by atoms with E-state index in [1.165, 1.54) is 6.92 Å². The molecule has 0 radical (unpaired) electrons. The Morgan fingerprint density at radius 1 is 0.952 bits per heavy atom. The molecule has 0 saturated heterocycles. The van der Waals surface area contributed by atoms with E-state index in [2.05, 4.69) is 10.6 Å². The average Bonchev–Trinajstić information content (AvgIpc) is 2.44. The third-order valence-electron chi connectivity index (χ3n) is 2.67. The average molecular weight is 323 g/mol. The van der Waals surface area contributed by atoms with Gasteiger partial charge in [-0.15, -0.1) is 0 Å². The highest BCUT2D eigenvalue weighted by molar-refractivity contribution is 6.44. The molecule has 4 nitrogen and oxygen atoms in total. The summed E-state index contributed by atoms with van der Waals surface area (Å²) in [6.07, 6.45) is 0. The molecule has 6 heteroatoms. The van der Waals surface area contributed by atoms with Gasteiger partial charge in [0, 0.05) is 18.2 Å². The zero-order valence-corrected chi connectivity index (χ0v) is 12.6. The van der Waals surface area contributed by atoms with Crippen molar-refractivity contribution in [1.82, 2.24) is 0 Å². The Morgan fingerprint density at radius 3 is 2.24 bits per heavy atom. The molecule has 2 N–H and O–H groups in total. The van der Waals surface area contributed by atoms with Crippen molar-refractivity contribution in [2.45, 2.75) is 6.92 Å². The molecule has 2 aromatic carbocycles. The predicted molar refractivity (Wildman–Crippen MR) is 85.2 cm³/mol. The van der Waals surface area contributed by atoms with Crippen LogP contribution in [0.25, 0.3) is 0 Å². The number of carbonyl (C=O) groups excluding carboxylic acids is 2. The van der Waals surface area contributed by atoms with Crippen molar-refractivity contribution in [3.05, 3.63) is 58.1 Å². The first-order chi connectivity index (χ1) is 9.97. The van der Waals surface area contributed by atoms with Gasteiger partial charge < -0.3 is 10.6 Å². The predicted octanol–water partition coefficient (Wildman–Crippen LogP) is 4.20. The molecule has 0 fully saturated rings. The van der Waals surface area contributed by atoms with Gasteiger partial charge in [0.2, 0.25) is 5.91 Å². The van der Waals surface area contributed by atoms with Crippen LogP contribution in [-0.2, 0) is 4.79 Å². The number of hydrogen-bond donors (Lipinski definition) is 2. The van der Waals surface area contributed by atoms with Crippen molar-refractivity contribution < 1.29 is 9.59 Å². The maximum Gasteiger partial charge on any atom is 0.255 e. The minimum absolute atomic E-state index is 0.169. The van der Waals surface area contributed by atoms with Gasteiger partial charge in [-0.3, -0.25) is 9.59 Å². The smallest absolute Gasteiger partial charge is 0.255 e. The number of halogens is 2. The lowest BCUT2D eigenvalue weighted by Crippen LogP contribution is -2.12. The number of nitrogens with one attached hydrogen (secondary N) is 2. The van der Waals surface area contributed by atoms with Gasteiger partial charge >= 0.3 is 0 Å². The van der Waals surface area contributed by atoms with E-state index >= 15 is 0 Å². The molecule has 0 bridgehead atoms. The van der Waals surface area contributed by atoms with Crippen LogP contribution in [0.1, 0.15) is 17.3 Å². The van der Waals surface area contributed by atoms with Gasteiger partial charge in [-0.25, -0.2) is 0 Å². The zero-order valence-electron chi connectivity index (χ0n) is 11.1. The third-order valence-corrected chi connectivity index (χ3v) is 3.49. The maximum atomic E-state index is 12.1. The van der Waals surface area contributed by atoms with Crippen molar-refractivity contribution in [2.24, 2.45) is 0 Å². The lowest BCUT2D eigenvalue weighted by atomic mass is 10.2. The van der Waals surface area contributed by atoms with Crippen LogP contribution in [0.4, 0.5) is 11.4 Å². The first-order valence-corrected chi connectivity index (χ1v) is 6.86. The molecule has 0 aromatic heterocycles. The summed E-state index contributed by atoms with van der Waals surface area (Å²) < 4.78 is 0. The van der Waals surface area contributed by atoms with Gasteiger partial charge in [0.25, 0.3) is 5.91 Å². The highest BCUT2D eigenvalue weighted by Gasteiger charge is 2.10. The summed E-state index contributed by atoms with van der Waals surface area (Å²) in [5.41, 5.74) is 1.51. The Morgan fingerprint density at radius 2 is 1.62 bits per heavy atom. The molecular formula is C15H12Cl2N2O2. The first-order valence-electron chi connectivity index (χ1n) is 6.10.